The lowest BCUT2D eigenvalue weighted by Gasteiger charge is -2.37. The molecule has 0 aromatic heterocycles. The summed E-state index contributed by atoms with van der Waals surface area (Å²) < 4.78 is 23.1. The number of carbonyl (C=O) groups excluding carboxylic acids is 2. The first-order valence-corrected chi connectivity index (χ1v) is 14.0. The molecular formula is C32H35N3O7. The zero-order valence-electron chi connectivity index (χ0n) is 23.4. The van der Waals surface area contributed by atoms with Crippen molar-refractivity contribution in [3.8, 4) is 11.5 Å². The van der Waals surface area contributed by atoms with E-state index in [4.69, 9.17) is 24.7 Å². The molecule has 0 fully saturated rings. The average Bonchev–Trinajstić information content (AvgIpc) is 3.48. The van der Waals surface area contributed by atoms with Crippen LogP contribution in [-0.2, 0) is 20.8 Å². The van der Waals surface area contributed by atoms with E-state index in [9.17, 15) is 14.7 Å². The van der Waals surface area contributed by atoms with Gasteiger partial charge in [0.15, 0.2) is 17.3 Å². The lowest BCUT2D eigenvalue weighted by atomic mass is 9.80. The number of nitrogen functional groups attached to an aromatic ring is 1. The van der Waals surface area contributed by atoms with Gasteiger partial charge in [0.25, 0.3) is 11.8 Å². The molecule has 0 aliphatic carbocycles. The molecule has 3 aromatic carbocycles. The fraction of sp³-hybridized carbons (Fsp3) is 0.312. The van der Waals surface area contributed by atoms with E-state index in [1.165, 1.54) is 0 Å². The summed E-state index contributed by atoms with van der Waals surface area (Å²) in [6.45, 7) is 2.72. The number of benzene rings is 3. The molecule has 5 rings (SSSR count). The maximum atomic E-state index is 13.3. The van der Waals surface area contributed by atoms with Crippen molar-refractivity contribution in [1.29, 1.82) is 0 Å². The van der Waals surface area contributed by atoms with Crippen LogP contribution in [0.4, 0.5) is 11.4 Å². The van der Waals surface area contributed by atoms with Gasteiger partial charge < -0.3 is 40.4 Å². The van der Waals surface area contributed by atoms with Crippen molar-refractivity contribution in [2.75, 3.05) is 31.1 Å². The Morgan fingerprint density at radius 2 is 1.81 bits per heavy atom. The van der Waals surface area contributed by atoms with Gasteiger partial charge in [-0.1, -0.05) is 30.3 Å². The molecule has 2 aliphatic rings. The highest BCUT2D eigenvalue weighted by molar-refractivity contribution is 6.05. The second-order valence-corrected chi connectivity index (χ2v) is 10.1. The van der Waals surface area contributed by atoms with Gasteiger partial charge in [-0.3, -0.25) is 9.59 Å². The minimum absolute atomic E-state index is 0.0427. The Balaban J connectivity index is 1.29. The van der Waals surface area contributed by atoms with E-state index in [1.54, 1.807) is 48.5 Å². The maximum absolute atomic E-state index is 13.3. The number of nitrogens with two attached hydrogens (primary N) is 1. The first kappa shape index (κ1) is 29.0. The SMILES string of the molecule is CCO[C@H]1OC(C(=O)NCc2ccc(C(=O)Nc3ccccc3N)cc2)=C[C@@H](c2ccc3c(c2)OCO3)[C@@H]1CCCO. The third-order valence-electron chi connectivity index (χ3n) is 7.29. The summed E-state index contributed by atoms with van der Waals surface area (Å²) in [6, 6.07) is 19.7. The molecule has 0 unspecified atom stereocenters. The van der Waals surface area contributed by atoms with E-state index >= 15 is 0 Å². The molecule has 220 valence electrons. The first-order valence-electron chi connectivity index (χ1n) is 14.0. The van der Waals surface area contributed by atoms with E-state index in [-0.39, 0.29) is 49.4 Å². The van der Waals surface area contributed by atoms with Crippen LogP contribution >= 0.6 is 0 Å². The Kier molecular flexibility index (Phi) is 9.25. The smallest absolute Gasteiger partial charge is 0.286 e. The van der Waals surface area contributed by atoms with Crippen molar-refractivity contribution in [3.63, 3.8) is 0 Å². The Labute approximate surface area is 244 Å². The Morgan fingerprint density at radius 1 is 1.02 bits per heavy atom. The molecule has 10 heteroatoms. The molecule has 42 heavy (non-hydrogen) atoms. The van der Waals surface area contributed by atoms with Crippen LogP contribution in [0.3, 0.4) is 0 Å². The minimum atomic E-state index is -0.667. The lowest BCUT2D eigenvalue weighted by Crippen LogP contribution is -2.39. The van der Waals surface area contributed by atoms with Gasteiger partial charge in [0.1, 0.15) is 0 Å². The molecule has 2 heterocycles. The highest BCUT2D eigenvalue weighted by Crippen LogP contribution is 2.42. The molecule has 0 saturated heterocycles. The summed E-state index contributed by atoms with van der Waals surface area (Å²) in [7, 11) is 0. The average molecular weight is 574 g/mol. The molecular weight excluding hydrogens is 538 g/mol. The predicted octanol–water partition coefficient (Wildman–Crippen LogP) is 4.32. The van der Waals surface area contributed by atoms with Crippen LogP contribution in [0.25, 0.3) is 0 Å². The second-order valence-electron chi connectivity index (χ2n) is 10.1. The molecule has 2 amide bonds. The maximum Gasteiger partial charge on any atom is 0.286 e. The molecule has 3 aromatic rings. The normalized spacial score (nSPS) is 19.0. The molecule has 0 radical (unpaired) electrons. The number of amides is 2. The number of hydrogen-bond donors (Lipinski definition) is 4. The second kappa shape index (κ2) is 13.4. The molecule has 5 N–H and O–H groups in total. The Bertz CT molecular complexity index is 1440. The topological polar surface area (TPSA) is 141 Å². The number of anilines is 2. The van der Waals surface area contributed by atoms with Gasteiger partial charge >= 0.3 is 0 Å². The van der Waals surface area contributed by atoms with Crippen molar-refractivity contribution in [3.05, 3.63) is 95.3 Å². The fourth-order valence-electron chi connectivity index (χ4n) is 5.11. The minimum Gasteiger partial charge on any atom is -0.459 e. The highest BCUT2D eigenvalue weighted by atomic mass is 16.7. The predicted molar refractivity (Wildman–Crippen MR) is 157 cm³/mol. The van der Waals surface area contributed by atoms with Crippen molar-refractivity contribution in [2.45, 2.75) is 38.5 Å². The van der Waals surface area contributed by atoms with Crippen molar-refractivity contribution >= 4 is 23.2 Å². The van der Waals surface area contributed by atoms with Crippen LogP contribution in [0.5, 0.6) is 11.5 Å². The Morgan fingerprint density at radius 3 is 2.57 bits per heavy atom. The third-order valence-corrected chi connectivity index (χ3v) is 7.29. The standard InChI is InChI=1S/C32H35N3O7/c1-2-39-32-23(6-5-15-36)24(22-13-14-27-28(16-22)41-19-40-27)17-29(42-32)31(38)34-18-20-9-11-21(12-10-20)30(37)35-26-8-4-3-7-25(26)33/h3-4,7-14,16-17,23-24,32,36H,2,5-6,15,18-19,33H2,1H3,(H,34,38)(H,35,37)/t23-,24-,32-/m0/s1. The lowest BCUT2D eigenvalue weighted by molar-refractivity contribution is -0.166. The van der Waals surface area contributed by atoms with E-state index < -0.39 is 6.29 Å². The largest absolute Gasteiger partial charge is 0.459 e. The van der Waals surface area contributed by atoms with E-state index in [1.807, 2.05) is 31.2 Å². The number of carbonyl (C=O) groups is 2. The van der Waals surface area contributed by atoms with Crippen LogP contribution < -0.4 is 25.8 Å². The van der Waals surface area contributed by atoms with Gasteiger partial charge in [0, 0.05) is 37.2 Å². The summed E-state index contributed by atoms with van der Waals surface area (Å²) in [4.78, 5) is 25.9. The molecule has 10 nitrogen and oxygen atoms in total. The van der Waals surface area contributed by atoms with Gasteiger partial charge in [0.05, 0.1) is 11.4 Å². The van der Waals surface area contributed by atoms with Gasteiger partial charge in [0.2, 0.25) is 13.1 Å². The zero-order chi connectivity index (χ0) is 29.5. The number of allylic oxidation sites excluding steroid dienone is 1. The third kappa shape index (κ3) is 6.67. The molecule has 0 bridgehead atoms. The molecule has 2 aliphatic heterocycles. The van der Waals surface area contributed by atoms with Gasteiger partial charge in [-0.05, 0) is 73.4 Å². The summed E-state index contributed by atoms with van der Waals surface area (Å²) in [6.07, 6.45) is 2.36. The number of nitrogens with one attached hydrogen (secondary N) is 2. The van der Waals surface area contributed by atoms with Gasteiger partial charge in [-0.2, -0.15) is 0 Å². The van der Waals surface area contributed by atoms with E-state index in [2.05, 4.69) is 10.6 Å². The fourth-order valence-corrected chi connectivity index (χ4v) is 5.11. The van der Waals surface area contributed by atoms with Crippen molar-refractivity contribution < 1.29 is 33.6 Å². The number of fused-ring (bicyclic) bond motifs is 1. The van der Waals surface area contributed by atoms with Crippen LogP contribution in [0.2, 0.25) is 0 Å². The Hall–Kier alpha value is -4.54. The number of rotatable bonds is 11. The van der Waals surface area contributed by atoms with Crippen LogP contribution in [-0.4, -0.2) is 43.2 Å². The van der Waals surface area contributed by atoms with Crippen molar-refractivity contribution in [1.82, 2.24) is 5.32 Å². The van der Waals surface area contributed by atoms with Gasteiger partial charge in [-0.25, -0.2) is 0 Å². The van der Waals surface area contributed by atoms with E-state index in [0.717, 1.165) is 11.1 Å². The summed E-state index contributed by atoms with van der Waals surface area (Å²) in [5.74, 6) is 0.481. The van der Waals surface area contributed by atoms with Gasteiger partial charge in [-0.15, -0.1) is 0 Å². The number of aliphatic hydroxyl groups excluding tert-OH is 1. The molecule has 3 atom stereocenters. The van der Waals surface area contributed by atoms with E-state index in [0.29, 0.717) is 47.9 Å². The van der Waals surface area contributed by atoms with Crippen LogP contribution in [0.15, 0.2) is 78.6 Å². The summed E-state index contributed by atoms with van der Waals surface area (Å²) in [5.41, 5.74) is 9.16. The van der Waals surface area contributed by atoms with Crippen molar-refractivity contribution in [2.24, 2.45) is 5.92 Å². The number of para-hydroxylation sites is 2. The summed E-state index contributed by atoms with van der Waals surface area (Å²) >= 11 is 0. The molecule has 0 saturated carbocycles. The first-order chi connectivity index (χ1) is 20.5. The van der Waals surface area contributed by atoms with Crippen LogP contribution in [0.1, 0.15) is 47.2 Å². The van der Waals surface area contributed by atoms with Crippen LogP contribution in [0, 0.1) is 5.92 Å². The highest BCUT2D eigenvalue weighted by Gasteiger charge is 2.38. The number of ether oxygens (including phenoxy) is 4. The summed E-state index contributed by atoms with van der Waals surface area (Å²) in [5, 5.41) is 15.2. The quantitative estimate of drug-likeness (QED) is 0.249. The number of hydrogen-bond acceptors (Lipinski definition) is 8. The number of aliphatic hydroxyl groups is 1. The monoisotopic (exact) mass is 573 g/mol. The molecule has 0 spiro atoms. The zero-order valence-corrected chi connectivity index (χ0v) is 23.4.